The molecule has 0 bridgehead atoms. The third-order valence-corrected chi connectivity index (χ3v) is 4.33. The van der Waals surface area contributed by atoms with Crippen molar-refractivity contribution < 1.29 is 8.68 Å². The topological polar surface area (TPSA) is 39.5 Å². The third-order valence-electron chi connectivity index (χ3n) is 4.33. The minimum atomic E-state index is -2.30. The van der Waals surface area contributed by atoms with Gasteiger partial charge in [0.15, 0.2) is 5.52 Å². The van der Waals surface area contributed by atoms with Gasteiger partial charge in [-0.05, 0) is 12.1 Å². The monoisotopic (exact) mass is 279 g/mol. The fourth-order valence-electron chi connectivity index (χ4n) is 3.42. The van der Waals surface area contributed by atoms with Crippen LogP contribution in [0.15, 0.2) is 36.8 Å². The van der Waals surface area contributed by atoms with Crippen LogP contribution < -0.4 is 4.57 Å². The molecule has 0 aliphatic carbocycles. The molecule has 0 saturated heterocycles. The molecule has 1 aliphatic heterocycles. The number of fused-ring (bicyclic) bond motifs is 7. The van der Waals surface area contributed by atoms with Gasteiger partial charge in [-0.3, -0.25) is 9.55 Å². The van der Waals surface area contributed by atoms with Crippen LogP contribution >= 0.6 is 0 Å². The summed E-state index contributed by atoms with van der Waals surface area (Å²) in [5.41, 5.74) is 4.29. The molecule has 21 heavy (non-hydrogen) atoms. The van der Waals surface area contributed by atoms with Crippen LogP contribution in [0.5, 0.6) is 0 Å². The number of nitrogens with zero attached hydrogens (tertiary/aromatic N) is 5. The second-order valence-corrected chi connectivity index (χ2v) is 5.38. The largest absolute Gasteiger partial charge is 0.269 e. The fourth-order valence-corrected chi connectivity index (χ4v) is 3.42. The SMILES string of the molecule is [2H]C([2H])([2H])[n+]1c2n(c3c4ccncc4n(C)c31)Cc1cccnc1-2. The Morgan fingerprint density at radius 1 is 1.33 bits per heavy atom. The van der Waals surface area contributed by atoms with Crippen LogP contribution in [0.3, 0.4) is 0 Å². The first-order valence-electron chi connectivity index (χ1n) is 8.30. The lowest BCUT2D eigenvalue weighted by Gasteiger charge is -1.97. The third kappa shape index (κ3) is 1.15. The summed E-state index contributed by atoms with van der Waals surface area (Å²) in [6.45, 7) is -1.67. The maximum atomic E-state index is 8.08. The van der Waals surface area contributed by atoms with Gasteiger partial charge < -0.3 is 0 Å². The Labute approximate surface area is 125 Å². The molecule has 4 aromatic rings. The molecule has 0 amide bonds. The predicted molar refractivity (Wildman–Crippen MR) is 79.7 cm³/mol. The molecule has 5 heterocycles. The van der Waals surface area contributed by atoms with Crippen molar-refractivity contribution in [1.29, 1.82) is 0 Å². The Kier molecular flexibility index (Phi) is 1.42. The molecule has 1 aliphatic rings. The van der Waals surface area contributed by atoms with Gasteiger partial charge in [-0.25, -0.2) is 14.1 Å². The molecular formula is C16H14N5+. The van der Waals surface area contributed by atoms with E-state index in [1.54, 1.807) is 18.6 Å². The number of aromatic nitrogens is 5. The van der Waals surface area contributed by atoms with E-state index < -0.39 is 6.98 Å². The van der Waals surface area contributed by atoms with Crippen molar-refractivity contribution in [2.75, 3.05) is 0 Å². The van der Waals surface area contributed by atoms with Crippen LogP contribution in [0.25, 0.3) is 33.6 Å². The smallest absolute Gasteiger partial charge is 0.261 e. The predicted octanol–water partition coefficient (Wildman–Crippen LogP) is 1.78. The zero-order valence-electron chi connectivity index (χ0n) is 14.4. The van der Waals surface area contributed by atoms with Gasteiger partial charge in [0.2, 0.25) is 0 Å². The van der Waals surface area contributed by atoms with Crippen molar-refractivity contribution in [2.24, 2.45) is 14.0 Å². The fraction of sp³-hybridized carbons (Fsp3) is 0.188. The van der Waals surface area contributed by atoms with E-state index in [9.17, 15) is 0 Å². The minimum absolute atomic E-state index is 0.625. The van der Waals surface area contributed by atoms with Crippen molar-refractivity contribution in [3.05, 3.63) is 42.4 Å². The van der Waals surface area contributed by atoms with E-state index in [1.165, 1.54) is 4.57 Å². The van der Waals surface area contributed by atoms with E-state index in [-0.39, 0.29) is 0 Å². The first-order chi connectivity index (χ1) is 11.5. The Morgan fingerprint density at radius 2 is 2.29 bits per heavy atom. The van der Waals surface area contributed by atoms with E-state index in [4.69, 9.17) is 4.11 Å². The Bertz CT molecular complexity index is 1140. The summed E-state index contributed by atoms with van der Waals surface area (Å²) in [6, 6.07) is 5.82. The minimum Gasteiger partial charge on any atom is -0.261 e. The van der Waals surface area contributed by atoms with Gasteiger partial charge in [-0.1, -0.05) is 6.07 Å². The van der Waals surface area contributed by atoms with Crippen LogP contribution in [0.4, 0.5) is 0 Å². The molecule has 0 fully saturated rings. The van der Waals surface area contributed by atoms with Crippen LogP contribution in [-0.2, 0) is 20.6 Å². The summed E-state index contributed by atoms with van der Waals surface area (Å²) in [6.07, 6.45) is 5.21. The van der Waals surface area contributed by atoms with Crippen molar-refractivity contribution in [3.8, 4) is 11.5 Å². The lowest BCUT2D eigenvalue weighted by molar-refractivity contribution is -0.636. The normalized spacial score (nSPS) is 15.8. The van der Waals surface area contributed by atoms with E-state index in [0.717, 1.165) is 27.7 Å². The van der Waals surface area contributed by atoms with Crippen LogP contribution in [0.2, 0.25) is 0 Å². The molecule has 0 N–H and O–H groups in total. The number of hydrogen-bond acceptors (Lipinski definition) is 2. The van der Waals surface area contributed by atoms with Gasteiger partial charge in [-0.15, -0.1) is 0 Å². The highest BCUT2D eigenvalue weighted by molar-refractivity contribution is 6.04. The molecule has 0 unspecified atom stereocenters. The molecule has 0 aromatic carbocycles. The summed E-state index contributed by atoms with van der Waals surface area (Å²) in [5, 5.41) is 1.000. The maximum absolute atomic E-state index is 8.08. The summed E-state index contributed by atoms with van der Waals surface area (Å²) < 4.78 is 29.6. The van der Waals surface area contributed by atoms with E-state index in [0.29, 0.717) is 18.0 Å². The molecule has 0 atom stereocenters. The Balaban J connectivity index is 2.05. The van der Waals surface area contributed by atoms with Gasteiger partial charge in [0.1, 0.15) is 11.2 Å². The first kappa shape index (κ1) is 8.56. The van der Waals surface area contributed by atoms with Crippen molar-refractivity contribution in [1.82, 2.24) is 19.1 Å². The van der Waals surface area contributed by atoms with Gasteiger partial charge in [0.05, 0.1) is 36.3 Å². The van der Waals surface area contributed by atoms with Crippen molar-refractivity contribution in [3.63, 3.8) is 0 Å². The Morgan fingerprint density at radius 3 is 3.19 bits per heavy atom. The number of pyridine rings is 2. The highest BCUT2D eigenvalue weighted by Crippen LogP contribution is 2.35. The van der Waals surface area contributed by atoms with Crippen molar-refractivity contribution >= 4 is 22.1 Å². The van der Waals surface area contributed by atoms with E-state index in [2.05, 4.69) is 14.5 Å². The highest BCUT2D eigenvalue weighted by Gasteiger charge is 2.34. The summed E-state index contributed by atoms with van der Waals surface area (Å²) in [7, 11) is 1.88. The van der Waals surface area contributed by atoms with Crippen molar-refractivity contribution in [2.45, 2.75) is 6.54 Å². The second-order valence-electron chi connectivity index (χ2n) is 5.38. The average molecular weight is 279 g/mol. The lowest BCUT2D eigenvalue weighted by Crippen LogP contribution is -2.31. The van der Waals surface area contributed by atoms with Gasteiger partial charge in [0, 0.05) is 18.0 Å². The molecule has 0 radical (unpaired) electrons. The number of aryl methyl sites for hydroxylation is 2. The van der Waals surface area contributed by atoms with Gasteiger partial charge in [-0.2, -0.15) is 0 Å². The summed E-state index contributed by atoms with van der Waals surface area (Å²) in [4.78, 5) is 8.63. The van der Waals surface area contributed by atoms with Gasteiger partial charge in [0.25, 0.3) is 11.5 Å². The molecule has 102 valence electrons. The number of imidazole rings is 1. The lowest BCUT2D eigenvalue weighted by atomic mass is 10.2. The summed E-state index contributed by atoms with van der Waals surface area (Å²) in [5.74, 6) is 0.643. The quantitative estimate of drug-likeness (QED) is 0.405. The zero-order valence-corrected chi connectivity index (χ0v) is 11.4. The number of rotatable bonds is 0. The second kappa shape index (κ2) is 3.49. The van der Waals surface area contributed by atoms with E-state index in [1.807, 2.05) is 29.8 Å². The van der Waals surface area contributed by atoms with E-state index >= 15 is 0 Å². The first-order valence-corrected chi connectivity index (χ1v) is 6.80. The average Bonchev–Trinajstić information content (AvgIpc) is 3.15. The Hall–Kier alpha value is -2.69. The van der Waals surface area contributed by atoms with Crippen LogP contribution in [0.1, 0.15) is 9.68 Å². The number of hydrogen-bond donors (Lipinski definition) is 0. The maximum Gasteiger partial charge on any atom is 0.269 e. The zero-order chi connectivity index (χ0) is 16.6. The highest BCUT2D eigenvalue weighted by atomic mass is 15.2. The standard InChI is InChI=1S/C16H14N5/c1-19-12-8-17-7-5-11(12)14-16(19)20(2)15-13-10(9-21(14)15)4-3-6-18-13/h3-8H,9H2,1-2H3/q+1/i2D3. The molecule has 4 aromatic heterocycles. The van der Waals surface area contributed by atoms with Crippen LogP contribution in [-0.4, -0.2) is 19.1 Å². The summed E-state index contributed by atoms with van der Waals surface area (Å²) >= 11 is 0. The molecule has 0 saturated carbocycles. The van der Waals surface area contributed by atoms with Crippen LogP contribution in [0, 0.1) is 0 Å². The molecule has 5 heteroatoms. The molecule has 5 rings (SSSR count). The molecule has 0 spiro atoms. The van der Waals surface area contributed by atoms with Gasteiger partial charge >= 0.3 is 0 Å². The molecular weight excluding hydrogens is 262 g/mol. The molecule has 5 nitrogen and oxygen atoms in total.